The minimum absolute atomic E-state index is 0.177. The van der Waals surface area contributed by atoms with Crippen LogP contribution >= 0.6 is 0 Å². The van der Waals surface area contributed by atoms with E-state index in [1.54, 1.807) is 0 Å². The van der Waals surface area contributed by atoms with Crippen LogP contribution in [0.1, 0.15) is 39.0 Å². The highest BCUT2D eigenvalue weighted by molar-refractivity contribution is 5.84. The van der Waals surface area contributed by atoms with Crippen LogP contribution in [-0.4, -0.2) is 29.9 Å². The van der Waals surface area contributed by atoms with Gasteiger partial charge in [-0.3, -0.25) is 4.79 Å². The molecule has 3 heteroatoms. The first kappa shape index (κ1) is 10.6. The summed E-state index contributed by atoms with van der Waals surface area (Å²) in [5.41, 5.74) is 5.67. The van der Waals surface area contributed by atoms with Crippen molar-refractivity contribution in [2.45, 2.75) is 45.1 Å². The molecule has 1 saturated heterocycles. The summed E-state index contributed by atoms with van der Waals surface area (Å²) < 4.78 is 0. The van der Waals surface area contributed by atoms with Crippen molar-refractivity contribution in [2.24, 2.45) is 23.0 Å². The van der Waals surface area contributed by atoms with Crippen LogP contribution in [0.4, 0.5) is 0 Å². The maximum absolute atomic E-state index is 12.6. The first-order valence-electron chi connectivity index (χ1n) is 6.66. The Morgan fingerprint density at radius 3 is 2.62 bits per heavy atom. The molecule has 1 amide bonds. The minimum atomic E-state index is -0.177. The molecule has 2 aliphatic carbocycles. The van der Waals surface area contributed by atoms with E-state index in [1.165, 1.54) is 19.3 Å². The molecule has 1 heterocycles. The number of carbonyl (C=O) groups is 1. The Kier molecular flexibility index (Phi) is 2.29. The van der Waals surface area contributed by atoms with E-state index >= 15 is 0 Å². The zero-order valence-corrected chi connectivity index (χ0v) is 10.1. The van der Waals surface area contributed by atoms with Crippen molar-refractivity contribution >= 4 is 5.91 Å². The standard InChI is InChI=1S/C13H22N2O/c1-9-5-13(6-9,8-14)12(16)15-7-10-2-3-11(15)4-10/h9-11H,2-8,14H2,1H3. The third-order valence-corrected chi connectivity index (χ3v) is 4.99. The third-order valence-electron chi connectivity index (χ3n) is 4.99. The van der Waals surface area contributed by atoms with Crippen molar-refractivity contribution in [2.75, 3.05) is 13.1 Å². The monoisotopic (exact) mass is 222 g/mol. The van der Waals surface area contributed by atoms with E-state index in [1.807, 2.05) is 0 Å². The fraction of sp³-hybridized carbons (Fsp3) is 0.923. The van der Waals surface area contributed by atoms with Gasteiger partial charge in [-0.25, -0.2) is 0 Å². The van der Waals surface area contributed by atoms with Gasteiger partial charge in [0.15, 0.2) is 0 Å². The molecule has 0 aromatic heterocycles. The first-order chi connectivity index (χ1) is 7.64. The van der Waals surface area contributed by atoms with E-state index in [9.17, 15) is 4.79 Å². The summed E-state index contributed by atoms with van der Waals surface area (Å²) >= 11 is 0. The lowest BCUT2D eigenvalue weighted by Crippen LogP contribution is -2.56. The number of piperidine rings is 1. The molecule has 2 bridgehead atoms. The molecule has 2 unspecified atom stereocenters. The van der Waals surface area contributed by atoms with Gasteiger partial charge >= 0.3 is 0 Å². The van der Waals surface area contributed by atoms with Crippen molar-refractivity contribution in [3.05, 3.63) is 0 Å². The smallest absolute Gasteiger partial charge is 0.230 e. The number of fused-ring (bicyclic) bond motifs is 2. The van der Waals surface area contributed by atoms with Gasteiger partial charge in [0, 0.05) is 19.1 Å². The summed E-state index contributed by atoms with van der Waals surface area (Å²) in [6.07, 6.45) is 5.83. The summed E-state index contributed by atoms with van der Waals surface area (Å²) in [6.45, 7) is 3.78. The average molecular weight is 222 g/mol. The second-order valence-corrected chi connectivity index (χ2v) is 6.29. The van der Waals surface area contributed by atoms with Gasteiger partial charge in [0.1, 0.15) is 0 Å². The second-order valence-electron chi connectivity index (χ2n) is 6.29. The number of amides is 1. The molecule has 3 fully saturated rings. The summed E-state index contributed by atoms with van der Waals surface area (Å²) in [5, 5.41) is 0. The molecule has 2 saturated carbocycles. The van der Waals surface area contributed by atoms with E-state index in [4.69, 9.17) is 5.73 Å². The summed E-state index contributed by atoms with van der Waals surface area (Å²) in [7, 11) is 0. The molecule has 2 N–H and O–H groups in total. The topological polar surface area (TPSA) is 46.3 Å². The summed E-state index contributed by atoms with van der Waals surface area (Å²) in [6, 6.07) is 0.553. The normalized spacial score (nSPS) is 45.9. The number of likely N-dealkylation sites (tertiary alicyclic amines) is 1. The number of rotatable bonds is 2. The Balaban J connectivity index is 1.73. The Labute approximate surface area is 97.4 Å². The van der Waals surface area contributed by atoms with Gasteiger partial charge in [-0.15, -0.1) is 0 Å². The van der Waals surface area contributed by atoms with Gasteiger partial charge in [0.05, 0.1) is 5.41 Å². The van der Waals surface area contributed by atoms with Crippen LogP contribution in [0.3, 0.4) is 0 Å². The molecule has 3 rings (SSSR count). The molecule has 0 aromatic carbocycles. The van der Waals surface area contributed by atoms with Gasteiger partial charge in [-0.1, -0.05) is 6.92 Å². The fourth-order valence-electron chi connectivity index (χ4n) is 4.18. The van der Waals surface area contributed by atoms with Crippen molar-refractivity contribution in [1.29, 1.82) is 0 Å². The SMILES string of the molecule is CC1CC(CN)(C(=O)N2CC3CCC2C3)C1. The molecule has 3 aliphatic rings. The van der Waals surface area contributed by atoms with Crippen LogP contribution in [0.5, 0.6) is 0 Å². The maximum atomic E-state index is 12.6. The number of nitrogens with two attached hydrogens (primary N) is 1. The molecule has 0 aromatic rings. The zero-order valence-electron chi connectivity index (χ0n) is 10.1. The van der Waals surface area contributed by atoms with E-state index in [2.05, 4.69) is 11.8 Å². The predicted molar refractivity (Wildman–Crippen MR) is 62.7 cm³/mol. The van der Waals surface area contributed by atoms with E-state index in [-0.39, 0.29) is 5.41 Å². The number of carbonyl (C=O) groups excluding carboxylic acids is 1. The lowest BCUT2D eigenvalue weighted by atomic mass is 9.61. The van der Waals surface area contributed by atoms with E-state index in [0.717, 1.165) is 25.3 Å². The molecule has 90 valence electrons. The molecular weight excluding hydrogens is 200 g/mol. The van der Waals surface area contributed by atoms with Crippen LogP contribution in [0.15, 0.2) is 0 Å². The summed E-state index contributed by atoms with van der Waals surface area (Å²) in [4.78, 5) is 14.7. The number of hydrogen-bond acceptors (Lipinski definition) is 2. The van der Waals surface area contributed by atoms with Crippen molar-refractivity contribution in [1.82, 2.24) is 4.90 Å². The van der Waals surface area contributed by atoms with E-state index < -0.39 is 0 Å². The number of nitrogens with zero attached hydrogens (tertiary/aromatic N) is 1. The van der Waals surface area contributed by atoms with Crippen molar-refractivity contribution in [3.8, 4) is 0 Å². The van der Waals surface area contributed by atoms with Crippen molar-refractivity contribution < 1.29 is 4.79 Å². The third kappa shape index (κ3) is 1.33. The lowest BCUT2D eigenvalue weighted by Gasteiger charge is -2.47. The Hall–Kier alpha value is -0.570. The molecular formula is C13H22N2O. The molecule has 1 aliphatic heterocycles. The largest absolute Gasteiger partial charge is 0.339 e. The second kappa shape index (κ2) is 3.46. The Bertz CT molecular complexity index is 309. The van der Waals surface area contributed by atoms with Crippen molar-refractivity contribution in [3.63, 3.8) is 0 Å². The van der Waals surface area contributed by atoms with Crippen LogP contribution < -0.4 is 5.73 Å². The van der Waals surface area contributed by atoms with Crippen LogP contribution in [0.25, 0.3) is 0 Å². The predicted octanol–water partition coefficient (Wildman–Crippen LogP) is 1.37. The highest BCUT2D eigenvalue weighted by atomic mass is 16.2. The maximum Gasteiger partial charge on any atom is 0.230 e. The van der Waals surface area contributed by atoms with Gasteiger partial charge in [0.2, 0.25) is 5.91 Å². The Morgan fingerprint density at radius 2 is 2.19 bits per heavy atom. The molecule has 16 heavy (non-hydrogen) atoms. The van der Waals surface area contributed by atoms with Crippen LogP contribution in [0.2, 0.25) is 0 Å². The van der Waals surface area contributed by atoms with Crippen LogP contribution in [-0.2, 0) is 4.79 Å². The van der Waals surface area contributed by atoms with Gasteiger partial charge in [-0.05, 0) is 43.9 Å². The lowest BCUT2D eigenvalue weighted by molar-refractivity contribution is -0.151. The van der Waals surface area contributed by atoms with E-state index in [0.29, 0.717) is 24.4 Å². The molecule has 0 radical (unpaired) electrons. The van der Waals surface area contributed by atoms with Gasteiger partial charge in [0.25, 0.3) is 0 Å². The number of hydrogen-bond donors (Lipinski definition) is 1. The highest BCUT2D eigenvalue weighted by Gasteiger charge is 2.52. The minimum Gasteiger partial charge on any atom is -0.339 e. The molecule has 0 spiro atoms. The van der Waals surface area contributed by atoms with Gasteiger partial charge in [-0.2, -0.15) is 0 Å². The van der Waals surface area contributed by atoms with Gasteiger partial charge < -0.3 is 10.6 Å². The fourth-order valence-corrected chi connectivity index (χ4v) is 4.18. The van der Waals surface area contributed by atoms with Crippen LogP contribution in [0, 0.1) is 17.3 Å². The Morgan fingerprint density at radius 1 is 1.44 bits per heavy atom. The zero-order chi connectivity index (χ0) is 11.3. The average Bonchev–Trinajstić information content (AvgIpc) is 2.84. The first-order valence-corrected chi connectivity index (χ1v) is 6.66. The molecule has 3 nitrogen and oxygen atoms in total. The molecule has 2 atom stereocenters. The quantitative estimate of drug-likeness (QED) is 0.767. The highest BCUT2D eigenvalue weighted by Crippen LogP contribution is 2.48. The summed E-state index contributed by atoms with van der Waals surface area (Å²) in [5.74, 6) is 1.86.